The lowest BCUT2D eigenvalue weighted by atomic mass is 10.3. The van der Waals surface area contributed by atoms with Gasteiger partial charge in [-0.3, -0.25) is 14.6 Å². The standard InChI is InChI=1S/C22H28N4O4S2/c1-14-19(31-15(2)23-14)21(27)26(9-5-8-25-10-12-30-13-11-25)22-24-18-16(28-3)6-7-17(29-4)20(18)32-22/h6-7H,5,8-13H2,1-4H3. The van der Waals surface area contributed by atoms with Crippen LogP contribution in [0.1, 0.15) is 26.8 Å². The lowest BCUT2D eigenvalue weighted by Crippen LogP contribution is -2.39. The van der Waals surface area contributed by atoms with Crippen LogP contribution in [0, 0.1) is 13.8 Å². The normalized spacial score (nSPS) is 14.6. The van der Waals surface area contributed by atoms with Crippen LogP contribution in [0.2, 0.25) is 0 Å². The minimum atomic E-state index is -0.0629. The summed E-state index contributed by atoms with van der Waals surface area (Å²) in [5.41, 5.74) is 1.46. The van der Waals surface area contributed by atoms with Crippen molar-refractivity contribution in [2.45, 2.75) is 20.3 Å². The van der Waals surface area contributed by atoms with Crippen LogP contribution in [0.5, 0.6) is 11.5 Å². The van der Waals surface area contributed by atoms with Crippen LogP contribution >= 0.6 is 22.7 Å². The third kappa shape index (κ3) is 4.73. The van der Waals surface area contributed by atoms with Crippen molar-refractivity contribution in [3.05, 3.63) is 27.7 Å². The summed E-state index contributed by atoms with van der Waals surface area (Å²) in [7, 11) is 3.25. The predicted molar refractivity (Wildman–Crippen MR) is 128 cm³/mol. The number of carbonyl (C=O) groups is 1. The summed E-state index contributed by atoms with van der Waals surface area (Å²) in [5.74, 6) is 1.32. The maximum Gasteiger partial charge on any atom is 0.272 e. The van der Waals surface area contributed by atoms with Crippen molar-refractivity contribution >= 4 is 43.9 Å². The number of ether oxygens (including phenoxy) is 3. The minimum Gasteiger partial charge on any atom is -0.495 e. The van der Waals surface area contributed by atoms with E-state index >= 15 is 0 Å². The zero-order chi connectivity index (χ0) is 22.7. The van der Waals surface area contributed by atoms with Crippen LogP contribution in [0.3, 0.4) is 0 Å². The van der Waals surface area contributed by atoms with Gasteiger partial charge in [-0.2, -0.15) is 0 Å². The van der Waals surface area contributed by atoms with E-state index in [0.29, 0.717) is 27.8 Å². The first kappa shape index (κ1) is 22.9. The number of morpholine rings is 1. The van der Waals surface area contributed by atoms with E-state index in [2.05, 4.69) is 9.88 Å². The van der Waals surface area contributed by atoms with Gasteiger partial charge >= 0.3 is 0 Å². The molecule has 8 nitrogen and oxygen atoms in total. The van der Waals surface area contributed by atoms with Gasteiger partial charge in [0.25, 0.3) is 5.91 Å². The van der Waals surface area contributed by atoms with Gasteiger partial charge in [0, 0.05) is 26.2 Å². The largest absolute Gasteiger partial charge is 0.495 e. The summed E-state index contributed by atoms with van der Waals surface area (Å²) in [6, 6.07) is 3.70. The second-order valence-electron chi connectivity index (χ2n) is 7.56. The number of anilines is 1. The Bertz CT molecular complexity index is 1050. The lowest BCUT2D eigenvalue weighted by molar-refractivity contribution is 0.0376. The van der Waals surface area contributed by atoms with Crippen molar-refractivity contribution in [2.24, 2.45) is 0 Å². The molecule has 0 saturated carbocycles. The highest BCUT2D eigenvalue weighted by atomic mass is 32.1. The number of benzene rings is 1. The summed E-state index contributed by atoms with van der Waals surface area (Å²) in [4.78, 5) is 27.7. The van der Waals surface area contributed by atoms with E-state index in [1.165, 1.54) is 22.7 Å². The Labute approximate surface area is 195 Å². The maximum absolute atomic E-state index is 13.6. The number of aryl methyl sites for hydroxylation is 2. The molecule has 0 radical (unpaired) electrons. The number of carbonyl (C=O) groups excluding carboxylic acids is 1. The first-order chi connectivity index (χ1) is 15.5. The van der Waals surface area contributed by atoms with Gasteiger partial charge in [-0.15, -0.1) is 11.3 Å². The van der Waals surface area contributed by atoms with Crippen LogP contribution in [-0.2, 0) is 4.74 Å². The molecule has 0 unspecified atom stereocenters. The Kier molecular flexibility index (Phi) is 7.24. The molecule has 3 heterocycles. The van der Waals surface area contributed by atoms with E-state index < -0.39 is 0 Å². The highest BCUT2D eigenvalue weighted by Gasteiger charge is 2.26. The first-order valence-electron chi connectivity index (χ1n) is 10.6. The van der Waals surface area contributed by atoms with Crippen LogP contribution in [0.4, 0.5) is 5.13 Å². The Morgan fingerprint density at radius 3 is 2.50 bits per heavy atom. The molecule has 0 atom stereocenters. The lowest BCUT2D eigenvalue weighted by Gasteiger charge is -2.27. The highest BCUT2D eigenvalue weighted by Crippen LogP contribution is 2.40. The zero-order valence-electron chi connectivity index (χ0n) is 18.8. The van der Waals surface area contributed by atoms with Crippen LogP contribution in [0.25, 0.3) is 10.2 Å². The zero-order valence-corrected chi connectivity index (χ0v) is 20.5. The van der Waals surface area contributed by atoms with Crippen molar-refractivity contribution in [3.63, 3.8) is 0 Å². The SMILES string of the molecule is COc1ccc(OC)c2sc(N(CCCN3CCOCC3)C(=O)c3sc(C)nc3C)nc12. The third-order valence-electron chi connectivity index (χ3n) is 5.43. The molecule has 0 bridgehead atoms. The molecule has 0 spiro atoms. The average Bonchev–Trinajstić information content (AvgIpc) is 3.39. The van der Waals surface area contributed by atoms with Crippen LogP contribution in [-0.4, -0.2) is 74.4 Å². The maximum atomic E-state index is 13.6. The van der Waals surface area contributed by atoms with E-state index in [0.717, 1.165) is 60.4 Å². The predicted octanol–water partition coefficient (Wildman–Crippen LogP) is 3.76. The molecule has 10 heteroatoms. The fraction of sp³-hybridized carbons (Fsp3) is 0.500. The number of thiazole rings is 2. The molecular formula is C22H28N4O4S2. The smallest absolute Gasteiger partial charge is 0.272 e. The number of hydrogen-bond acceptors (Lipinski definition) is 9. The summed E-state index contributed by atoms with van der Waals surface area (Å²) in [5, 5.41) is 1.52. The molecule has 3 aromatic rings. The van der Waals surface area contributed by atoms with Crippen molar-refractivity contribution in [1.29, 1.82) is 0 Å². The molecule has 1 fully saturated rings. The number of methoxy groups -OCH3 is 2. The number of rotatable bonds is 8. The van der Waals surface area contributed by atoms with Crippen LogP contribution < -0.4 is 14.4 Å². The molecule has 1 aliphatic rings. The van der Waals surface area contributed by atoms with Gasteiger partial charge in [-0.25, -0.2) is 9.97 Å². The summed E-state index contributed by atoms with van der Waals surface area (Å²) in [6.07, 6.45) is 0.840. The summed E-state index contributed by atoms with van der Waals surface area (Å²) >= 11 is 2.87. The molecule has 0 aliphatic carbocycles. The highest BCUT2D eigenvalue weighted by molar-refractivity contribution is 7.23. The Hall–Kier alpha value is -2.27. The molecule has 1 amide bonds. The molecule has 1 saturated heterocycles. The van der Waals surface area contributed by atoms with Crippen LogP contribution in [0.15, 0.2) is 12.1 Å². The Balaban J connectivity index is 1.66. The van der Waals surface area contributed by atoms with Crippen molar-refractivity contribution in [2.75, 3.05) is 58.5 Å². The number of aromatic nitrogens is 2. The third-order valence-corrected chi connectivity index (χ3v) is 7.59. The van der Waals surface area contributed by atoms with E-state index in [-0.39, 0.29) is 5.91 Å². The first-order valence-corrected chi connectivity index (χ1v) is 12.2. The second kappa shape index (κ2) is 10.1. The van der Waals surface area contributed by atoms with Crippen molar-refractivity contribution in [3.8, 4) is 11.5 Å². The molecule has 1 aromatic carbocycles. The fourth-order valence-electron chi connectivity index (χ4n) is 3.80. The van der Waals surface area contributed by atoms with Gasteiger partial charge in [-0.1, -0.05) is 11.3 Å². The molecule has 0 N–H and O–H groups in total. The number of amides is 1. The van der Waals surface area contributed by atoms with Gasteiger partial charge in [-0.05, 0) is 32.4 Å². The fourth-order valence-corrected chi connectivity index (χ4v) is 5.77. The molecular weight excluding hydrogens is 448 g/mol. The van der Waals surface area contributed by atoms with E-state index in [1.54, 1.807) is 19.1 Å². The number of fused-ring (bicyclic) bond motifs is 1. The number of nitrogens with zero attached hydrogens (tertiary/aromatic N) is 4. The second-order valence-corrected chi connectivity index (χ2v) is 9.74. The quantitative estimate of drug-likeness (QED) is 0.490. The van der Waals surface area contributed by atoms with Gasteiger partial charge < -0.3 is 14.2 Å². The molecule has 1 aliphatic heterocycles. The molecule has 4 rings (SSSR count). The topological polar surface area (TPSA) is 77.0 Å². The molecule has 2 aromatic heterocycles. The van der Waals surface area contributed by atoms with Crippen molar-refractivity contribution < 1.29 is 19.0 Å². The molecule has 32 heavy (non-hydrogen) atoms. The summed E-state index contributed by atoms with van der Waals surface area (Å²) in [6.45, 7) is 8.66. The molecule has 172 valence electrons. The van der Waals surface area contributed by atoms with E-state index in [1.807, 2.05) is 26.0 Å². The van der Waals surface area contributed by atoms with Gasteiger partial charge in [0.15, 0.2) is 5.13 Å². The van der Waals surface area contributed by atoms with Gasteiger partial charge in [0.05, 0.1) is 38.1 Å². The monoisotopic (exact) mass is 476 g/mol. The average molecular weight is 477 g/mol. The van der Waals surface area contributed by atoms with E-state index in [4.69, 9.17) is 19.2 Å². The van der Waals surface area contributed by atoms with E-state index in [9.17, 15) is 4.79 Å². The minimum absolute atomic E-state index is 0.0629. The Morgan fingerprint density at radius 2 is 1.84 bits per heavy atom. The Morgan fingerprint density at radius 1 is 1.12 bits per heavy atom. The summed E-state index contributed by atoms with van der Waals surface area (Å²) < 4.78 is 17.3. The van der Waals surface area contributed by atoms with Crippen molar-refractivity contribution in [1.82, 2.24) is 14.9 Å². The van der Waals surface area contributed by atoms with Gasteiger partial charge in [0.1, 0.15) is 26.6 Å². The number of hydrogen-bond donors (Lipinski definition) is 0. The van der Waals surface area contributed by atoms with Gasteiger partial charge in [0.2, 0.25) is 0 Å².